The standard InChI is InChI=1S/C15H16BrNO/c1-2-14(17)13-8-3-4-9-15(13)18-12-7-5-6-11(16)10-12/h3-10,14H,2,17H2,1H3/t14-/m0/s1. The van der Waals surface area contributed by atoms with Crippen LogP contribution in [0.15, 0.2) is 53.0 Å². The van der Waals surface area contributed by atoms with Gasteiger partial charge in [-0.05, 0) is 30.7 Å². The summed E-state index contributed by atoms with van der Waals surface area (Å²) in [5.41, 5.74) is 7.13. The number of hydrogen-bond acceptors (Lipinski definition) is 2. The molecule has 0 aliphatic rings. The summed E-state index contributed by atoms with van der Waals surface area (Å²) >= 11 is 3.43. The van der Waals surface area contributed by atoms with E-state index < -0.39 is 0 Å². The van der Waals surface area contributed by atoms with Gasteiger partial charge in [0.2, 0.25) is 0 Å². The molecule has 0 amide bonds. The SMILES string of the molecule is CC[C@H](N)c1ccccc1Oc1cccc(Br)c1. The van der Waals surface area contributed by atoms with Crippen LogP contribution < -0.4 is 10.5 Å². The highest BCUT2D eigenvalue weighted by molar-refractivity contribution is 9.10. The molecule has 3 heteroatoms. The van der Waals surface area contributed by atoms with Gasteiger partial charge in [0.15, 0.2) is 0 Å². The van der Waals surface area contributed by atoms with Crippen molar-refractivity contribution in [2.24, 2.45) is 5.73 Å². The van der Waals surface area contributed by atoms with Crippen molar-refractivity contribution in [3.05, 3.63) is 58.6 Å². The number of benzene rings is 2. The first kappa shape index (κ1) is 13.1. The molecule has 2 nitrogen and oxygen atoms in total. The number of hydrogen-bond donors (Lipinski definition) is 1. The lowest BCUT2D eigenvalue weighted by molar-refractivity contribution is 0.468. The summed E-state index contributed by atoms with van der Waals surface area (Å²) in [5, 5.41) is 0. The van der Waals surface area contributed by atoms with E-state index in [9.17, 15) is 0 Å². The van der Waals surface area contributed by atoms with E-state index in [1.807, 2.05) is 48.5 Å². The fourth-order valence-electron chi connectivity index (χ4n) is 1.76. The van der Waals surface area contributed by atoms with Gasteiger partial charge in [0.25, 0.3) is 0 Å². The fourth-order valence-corrected chi connectivity index (χ4v) is 2.14. The Morgan fingerprint density at radius 3 is 2.67 bits per heavy atom. The number of nitrogens with two attached hydrogens (primary N) is 1. The van der Waals surface area contributed by atoms with Crippen molar-refractivity contribution in [2.75, 3.05) is 0 Å². The van der Waals surface area contributed by atoms with Gasteiger partial charge in [-0.1, -0.05) is 47.1 Å². The third-order valence-corrected chi connectivity index (χ3v) is 3.28. The molecule has 0 heterocycles. The van der Waals surface area contributed by atoms with E-state index in [0.29, 0.717) is 0 Å². The van der Waals surface area contributed by atoms with Crippen LogP contribution in [-0.2, 0) is 0 Å². The van der Waals surface area contributed by atoms with E-state index in [-0.39, 0.29) is 6.04 Å². The number of ether oxygens (including phenoxy) is 1. The zero-order valence-corrected chi connectivity index (χ0v) is 11.9. The second-order valence-corrected chi connectivity index (χ2v) is 5.03. The first-order valence-corrected chi connectivity index (χ1v) is 6.78. The average molecular weight is 306 g/mol. The fraction of sp³-hybridized carbons (Fsp3) is 0.200. The molecule has 1 atom stereocenters. The Hall–Kier alpha value is -1.32. The summed E-state index contributed by atoms with van der Waals surface area (Å²) in [6.07, 6.45) is 0.888. The maximum atomic E-state index is 6.09. The van der Waals surface area contributed by atoms with Gasteiger partial charge in [-0.15, -0.1) is 0 Å². The molecule has 18 heavy (non-hydrogen) atoms. The van der Waals surface area contributed by atoms with Crippen LogP contribution in [0.5, 0.6) is 11.5 Å². The summed E-state index contributed by atoms with van der Waals surface area (Å²) in [4.78, 5) is 0. The zero-order chi connectivity index (χ0) is 13.0. The number of rotatable bonds is 4. The second kappa shape index (κ2) is 6.03. The Morgan fingerprint density at radius 2 is 1.94 bits per heavy atom. The van der Waals surface area contributed by atoms with Gasteiger partial charge in [-0.2, -0.15) is 0 Å². The molecule has 0 fully saturated rings. The van der Waals surface area contributed by atoms with Gasteiger partial charge in [0.05, 0.1) is 0 Å². The molecule has 0 saturated carbocycles. The van der Waals surface area contributed by atoms with E-state index in [1.165, 1.54) is 0 Å². The summed E-state index contributed by atoms with van der Waals surface area (Å²) in [5.74, 6) is 1.63. The molecule has 0 aromatic heterocycles. The van der Waals surface area contributed by atoms with E-state index >= 15 is 0 Å². The largest absolute Gasteiger partial charge is 0.457 e. The Bertz CT molecular complexity index is 527. The first-order valence-electron chi connectivity index (χ1n) is 5.98. The van der Waals surface area contributed by atoms with Gasteiger partial charge >= 0.3 is 0 Å². The number of halogens is 1. The molecule has 0 unspecified atom stereocenters. The molecule has 2 aromatic rings. The van der Waals surface area contributed by atoms with Gasteiger partial charge < -0.3 is 10.5 Å². The Balaban J connectivity index is 2.29. The third-order valence-electron chi connectivity index (χ3n) is 2.78. The van der Waals surface area contributed by atoms with Crippen molar-refractivity contribution in [1.82, 2.24) is 0 Å². The maximum Gasteiger partial charge on any atom is 0.132 e. The van der Waals surface area contributed by atoms with Crippen LogP contribution >= 0.6 is 15.9 Å². The second-order valence-electron chi connectivity index (χ2n) is 4.11. The summed E-state index contributed by atoms with van der Waals surface area (Å²) in [6, 6.07) is 15.7. The average Bonchev–Trinajstić information content (AvgIpc) is 2.38. The van der Waals surface area contributed by atoms with Gasteiger partial charge in [-0.25, -0.2) is 0 Å². The molecule has 0 radical (unpaired) electrons. The summed E-state index contributed by atoms with van der Waals surface area (Å²) in [6.45, 7) is 2.07. The maximum absolute atomic E-state index is 6.09. The van der Waals surface area contributed by atoms with Crippen LogP contribution in [0.1, 0.15) is 24.9 Å². The minimum Gasteiger partial charge on any atom is -0.457 e. The van der Waals surface area contributed by atoms with Crippen LogP contribution in [0.25, 0.3) is 0 Å². The first-order chi connectivity index (χ1) is 8.70. The zero-order valence-electron chi connectivity index (χ0n) is 10.3. The highest BCUT2D eigenvalue weighted by atomic mass is 79.9. The smallest absolute Gasteiger partial charge is 0.132 e. The van der Waals surface area contributed by atoms with Crippen LogP contribution in [0, 0.1) is 0 Å². The quantitative estimate of drug-likeness (QED) is 0.892. The predicted molar refractivity (Wildman–Crippen MR) is 77.9 cm³/mol. The van der Waals surface area contributed by atoms with E-state index in [1.54, 1.807) is 0 Å². The van der Waals surface area contributed by atoms with E-state index in [2.05, 4.69) is 22.9 Å². The van der Waals surface area contributed by atoms with Crippen molar-refractivity contribution >= 4 is 15.9 Å². The molecule has 94 valence electrons. The third kappa shape index (κ3) is 3.12. The lowest BCUT2D eigenvalue weighted by Crippen LogP contribution is -2.09. The highest BCUT2D eigenvalue weighted by Gasteiger charge is 2.10. The molecular formula is C15H16BrNO. The summed E-state index contributed by atoms with van der Waals surface area (Å²) in [7, 11) is 0. The Morgan fingerprint density at radius 1 is 1.17 bits per heavy atom. The minimum atomic E-state index is 0.00773. The van der Waals surface area contributed by atoms with Gasteiger partial charge in [0, 0.05) is 16.1 Å². The predicted octanol–water partition coefficient (Wildman–Crippen LogP) is 4.65. The van der Waals surface area contributed by atoms with Crippen LogP contribution in [-0.4, -0.2) is 0 Å². The van der Waals surface area contributed by atoms with Crippen molar-refractivity contribution in [3.8, 4) is 11.5 Å². The molecular weight excluding hydrogens is 290 g/mol. The molecule has 0 spiro atoms. The van der Waals surface area contributed by atoms with Gasteiger partial charge in [-0.3, -0.25) is 0 Å². The van der Waals surface area contributed by atoms with Crippen molar-refractivity contribution in [2.45, 2.75) is 19.4 Å². The molecule has 0 aliphatic carbocycles. The molecule has 0 saturated heterocycles. The minimum absolute atomic E-state index is 0.00773. The van der Waals surface area contributed by atoms with Crippen molar-refractivity contribution in [3.63, 3.8) is 0 Å². The molecule has 0 aliphatic heterocycles. The van der Waals surface area contributed by atoms with Crippen molar-refractivity contribution in [1.29, 1.82) is 0 Å². The Kier molecular flexibility index (Phi) is 4.39. The lowest BCUT2D eigenvalue weighted by atomic mass is 10.0. The molecule has 2 rings (SSSR count). The molecule has 2 aromatic carbocycles. The molecule has 0 bridgehead atoms. The normalized spacial score (nSPS) is 12.2. The van der Waals surface area contributed by atoms with Crippen LogP contribution in [0.3, 0.4) is 0 Å². The van der Waals surface area contributed by atoms with E-state index in [0.717, 1.165) is 28.0 Å². The molecule has 2 N–H and O–H groups in total. The summed E-state index contributed by atoms with van der Waals surface area (Å²) < 4.78 is 6.90. The van der Waals surface area contributed by atoms with Crippen LogP contribution in [0.2, 0.25) is 0 Å². The lowest BCUT2D eigenvalue weighted by Gasteiger charge is -2.15. The van der Waals surface area contributed by atoms with E-state index in [4.69, 9.17) is 10.5 Å². The monoisotopic (exact) mass is 305 g/mol. The van der Waals surface area contributed by atoms with Gasteiger partial charge in [0.1, 0.15) is 11.5 Å². The van der Waals surface area contributed by atoms with Crippen LogP contribution in [0.4, 0.5) is 0 Å². The highest BCUT2D eigenvalue weighted by Crippen LogP contribution is 2.30. The number of para-hydroxylation sites is 1. The Labute approximate surface area is 116 Å². The van der Waals surface area contributed by atoms with Crippen molar-refractivity contribution < 1.29 is 4.74 Å². The topological polar surface area (TPSA) is 35.2 Å².